The van der Waals surface area contributed by atoms with Crippen molar-refractivity contribution < 1.29 is 9.59 Å². The van der Waals surface area contributed by atoms with Gasteiger partial charge in [-0.3, -0.25) is 14.6 Å². The molecule has 8 nitrogen and oxygen atoms in total. The first-order valence-corrected chi connectivity index (χ1v) is 8.75. The number of nitrogens with one attached hydrogen (secondary N) is 1. The van der Waals surface area contributed by atoms with Crippen LogP contribution < -0.4 is 10.2 Å². The largest absolute Gasteiger partial charge is 0.353 e. The van der Waals surface area contributed by atoms with Gasteiger partial charge in [-0.25, -0.2) is 14.8 Å². The Morgan fingerprint density at radius 2 is 2.00 bits per heavy atom. The fraction of sp³-hybridized carbons (Fsp3) is 0.467. The van der Waals surface area contributed by atoms with Crippen LogP contribution >= 0.6 is 11.3 Å². The molecular formula is C15H18N6O2S. The van der Waals surface area contributed by atoms with Crippen molar-refractivity contribution >= 4 is 39.3 Å². The molecule has 0 saturated carbocycles. The maximum Gasteiger partial charge on any atom is 0.325 e. The highest BCUT2D eigenvalue weighted by Gasteiger charge is 2.34. The Morgan fingerprint density at radius 3 is 2.75 bits per heavy atom. The van der Waals surface area contributed by atoms with Crippen molar-refractivity contribution in [2.45, 2.75) is 12.6 Å². The topological polar surface area (TPSA) is 81.7 Å². The lowest BCUT2D eigenvalue weighted by Crippen LogP contribution is -2.62. The van der Waals surface area contributed by atoms with Gasteiger partial charge in [0.1, 0.15) is 17.0 Å². The number of carbonyl (C=O) groups excluding carboxylic acids is 2. The van der Waals surface area contributed by atoms with Crippen LogP contribution in [0.3, 0.4) is 0 Å². The number of hydrogen-bond acceptors (Lipinski definition) is 7. The van der Waals surface area contributed by atoms with Crippen LogP contribution in [-0.2, 0) is 4.79 Å². The van der Waals surface area contributed by atoms with E-state index in [4.69, 9.17) is 0 Å². The summed E-state index contributed by atoms with van der Waals surface area (Å²) in [4.78, 5) is 38.9. The predicted octanol–water partition coefficient (Wildman–Crippen LogP) is 0.711. The van der Waals surface area contributed by atoms with Crippen molar-refractivity contribution in [1.29, 1.82) is 0 Å². The Hall–Kier alpha value is -2.26. The van der Waals surface area contributed by atoms with Crippen molar-refractivity contribution in [2.75, 3.05) is 38.1 Å². The molecular weight excluding hydrogens is 328 g/mol. The number of rotatable bonds is 2. The maximum absolute atomic E-state index is 11.9. The van der Waals surface area contributed by atoms with Crippen molar-refractivity contribution in [3.8, 4) is 0 Å². The summed E-state index contributed by atoms with van der Waals surface area (Å²) < 4.78 is 0. The zero-order chi connectivity index (χ0) is 16.7. The monoisotopic (exact) mass is 346 g/mol. The van der Waals surface area contributed by atoms with E-state index in [-0.39, 0.29) is 18.1 Å². The highest BCUT2D eigenvalue weighted by molar-refractivity contribution is 7.16. The number of anilines is 1. The van der Waals surface area contributed by atoms with Crippen LogP contribution in [-0.4, -0.2) is 71.1 Å². The number of piperazine rings is 1. The van der Waals surface area contributed by atoms with Crippen molar-refractivity contribution in [2.24, 2.45) is 0 Å². The number of hydrogen-bond donors (Lipinski definition) is 1. The average molecular weight is 346 g/mol. The normalized spacial score (nSPS) is 23.0. The molecule has 2 aromatic rings. The smallest absolute Gasteiger partial charge is 0.325 e. The van der Waals surface area contributed by atoms with Gasteiger partial charge >= 0.3 is 6.03 Å². The molecule has 2 saturated heterocycles. The van der Waals surface area contributed by atoms with Gasteiger partial charge in [-0.2, -0.15) is 0 Å². The summed E-state index contributed by atoms with van der Waals surface area (Å²) in [5, 5.41) is 6.00. The maximum atomic E-state index is 11.9. The van der Waals surface area contributed by atoms with Gasteiger partial charge in [-0.05, 0) is 11.4 Å². The minimum Gasteiger partial charge on any atom is -0.353 e. The minimum atomic E-state index is -0.325. The van der Waals surface area contributed by atoms with Crippen LogP contribution in [0.15, 0.2) is 17.8 Å². The minimum absolute atomic E-state index is 0.137. The first kappa shape index (κ1) is 15.3. The molecule has 1 N–H and O–H groups in total. The molecule has 2 aliphatic rings. The molecule has 3 amide bonds. The number of fused-ring (bicyclic) bond motifs is 1. The highest BCUT2D eigenvalue weighted by Crippen LogP contribution is 2.27. The second-order valence-corrected chi connectivity index (χ2v) is 6.88. The molecule has 2 fully saturated rings. The lowest BCUT2D eigenvalue weighted by molar-refractivity contribution is -0.130. The lowest BCUT2D eigenvalue weighted by atomic mass is 10.2. The SMILES string of the molecule is CN1C(=O)CC(N2CCN(c3ncnc4sccc34)CC2)NC1=O. The van der Waals surface area contributed by atoms with Gasteiger partial charge in [-0.15, -0.1) is 11.3 Å². The van der Waals surface area contributed by atoms with Crippen molar-refractivity contribution in [3.63, 3.8) is 0 Å². The summed E-state index contributed by atoms with van der Waals surface area (Å²) in [6, 6.07) is 1.73. The summed E-state index contributed by atoms with van der Waals surface area (Å²) in [6.07, 6.45) is 1.72. The summed E-state index contributed by atoms with van der Waals surface area (Å²) in [5.41, 5.74) is 0. The molecule has 9 heteroatoms. The zero-order valence-electron chi connectivity index (χ0n) is 13.3. The Labute approximate surface area is 143 Å². The van der Waals surface area contributed by atoms with E-state index in [9.17, 15) is 9.59 Å². The van der Waals surface area contributed by atoms with Gasteiger partial charge in [0.15, 0.2) is 0 Å². The van der Waals surface area contributed by atoms with E-state index >= 15 is 0 Å². The van der Waals surface area contributed by atoms with Crippen LogP contribution in [0.1, 0.15) is 6.42 Å². The Morgan fingerprint density at radius 1 is 1.21 bits per heavy atom. The first-order valence-electron chi connectivity index (χ1n) is 7.88. The van der Waals surface area contributed by atoms with Crippen LogP contribution in [0.2, 0.25) is 0 Å². The molecule has 0 aromatic carbocycles. The molecule has 0 aliphatic carbocycles. The average Bonchev–Trinajstić information content (AvgIpc) is 3.08. The van der Waals surface area contributed by atoms with Gasteiger partial charge in [0.2, 0.25) is 5.91 Å². The van der Waals surface area contributed by atoms with E-state index < -0.39 is 0 Å². The Balaban J connectivity index is 1.45. The molecule has 2 aliphatic heterocycles. The van der Waals surface area contributed by atoms with Gasteiger partial charge in [0, 0.05) is 33.2 Å². The number of carbonyl (C=O) groups is 2. The number of imide groups is 1. The molecule has 4 rings (SSSR count). The van der Waals surface area contributed by atoms with Crippen molar-refractivity contribution in [1.82, 2.24) is 25.1 Å². The van der Waals surface area contributed by atoms with Crippen LogP contribution in [0.25, 0.3) is 10.2 Å². The number of urea groups is 1. The molecule has 1 atom stereocenters. The lowest BCUT2D eigenvalue weighted by Gasteiger charge is -2.42. The molecule has 1 unspecified atom stereocenters. The third-order valence-electron chi connectivity index (χ3n) is 4.63. The second-order valence-electron chi connectivity index (χ2n) is 5.98. The summed E-state index contributed by atoms with van der Waals surface area (Å²) in [7, 11) is 1.51. The predicted molar refractivity (Wildman–Crippen MR) is 90.9 cm³/mol. The fourth-order valence-electron chi connectivity index (χ4n) is 3.20. The third kappa shape index (κ3) is 2.59. The van der Waals surface area contributed by atoms with Gasteiger partial charge in [0.25, 0.3) is 0 Å². The molecule has 126 valence electrons. The highest BCUT2D eigenvalue weighted by atomic mass is 32.1. The molecule has 4 heterocycles. The van der Waals surface area contributed by atoms with Crippen molar-refractivity contribution in [3.05, 3.63) is 17.8 Å². The molecule has 24 heavy (non-hydrogen) atoms. The van der Waals surface area contributed by atoms with Gasteiger partial charge in [-0.1, -0.05) is 0 Å². The molecule has 0 bridgehead atoms. The van der Waals surface area contributed by atoms with Gasteiger partial charge < -0.3 is 10.2 Å². The molecule has 0 radical (unpaired) electrons. The third-order valence-corrected chi connectivity index (χ3v) is 5.45. The summed E-state index contributed by atoms with van der Waals surface area (Å²) >= 11 is 1.61. The summed E-state index contributed by atoms with van der Waals surface area (Å²) in [6.45, 7) is 3.16. The van der Waals surface area contributed by atoms with Crippen LogP contribution in [0.5, 0.6) is 0 Å². The van der Waals surface area contributed by atoms with E-state index in [1.54, 1.807) is 17.7 Å². The standard InChI is InChI=1S/C15H18N6O2S/c1-19-12(22)8-11(18-15(19)23)20-3-5-21(6-4-20)13-10-2-7-24-14(10)17-9-16-13/h2,7,9,11H,3-6,8H2,1H3,(H,18,23). The number of nitrogens with zero attached hydrogens (tertiary/aromatic N) is 5. The number of thiophene rings is 1. The van der Waals surface area contributed by atoms with E-state index in [0.29, 0.717) is 6.42 Å². The van der Waals surface area contributed by atoms with E-state index in [1.165, 1.54) is 7.05 Å². The Bertz CT molecular complexity index is 767. The summed E-state index contributed by atoms with van der Waals surface area (Å²) in [5.74, 6) is 0.825. The van der Waals surface area contributed by atoms with E-state index in [2.05, 4.69) is 31.2 Å². The Kier molecular flexibility index (Phi) is 3.81. The quantitative estimate of drug-likeness (QED) is 0.863. The second kappa shape index (κ2) is 5.99. The molecule has 2 aromatic heterocycles. The number of amides is 3. The molecule has 0 spiro atoms. The first-order chi connectivity index (χ1) is 11.6. The number of aromatic nitrogens is 2. The fourth-order valence-corrected chi connectivity index (χ4v) is 3.93. The van der Waals surface area contributed by atoms with Crippen LogP contribution in [0.4, 0.5) is 10.6 Å². The zero-order valence-corrected chi connectivity index (χ0v) is 14.1. The van der Waals surface area contributed by atoms with E-state index in [1.807, 2.05) is 5.38 Å². The van der Waals surface area contributed by atoms with E-state index in [0.717, 1.165) is 47.1 Å². The van der Waals surface area contributed by atoms with Crippen LogP contribution in [0, 0.1) is 0 Å². The van der Waals surface area contributed by atoms with Gasteiger partial charge in [0.05, 0.1) is 18.0 Å².